The lowest BCUT2D eigenvalue weighted by Gasteiger charge is -2.19. The average molecular weight is 270 g/mol. The van der Waals surface area contributed by atoms with Gasteiger partial charge in [0.1, 0.15) is 5.82 Å². The smallest absolute Gasteiger partial charge is 0.123 e. The molecule has 0 saturated carbocycles. The summed E-state index contributed by atoms with van der Waals surface area (Å²) in [6.45, 7) is 1.15. The summed E-state index contributed by atoms with van der Waals surface area (Å²) in [6.07, 6.45) is 3.18. The normalized spacial score (nSPS) is 19.4. The van der Waals surface area contributed by atoms with Crippen molar-refractivity contribution < 1.29 is 4.39 Å². The SMILES string of the molecule is CN1CCCC1c1cccc(Cc2ccc(F)cc2)n1. The van der Waals surface area contributed by atoms with Gasteiger partial charge in [0.05, 0.1) is 11.7 Å². The van der Waals surface area contributed by atoms with Crippen molar-refractivity contribution in [1.82, 2.24) is 9.88 Å². The predicted molar refractivity (Wildman–Crippen MR) is 78.0 cm³/mol. The number of hydrogen-bond acceptors (Lipinski definition) is 2. The van der Waals surface area contributed by atoms with Crippen molar-refractivity contribution in [3.63, 3.8) is 0 Å². The van der Waals surface area contributed by atoms with Crippen molar-refractivity contribution >= 4 is 0 Å². The summed E-state index contributed by atoms with van der Waals surface area (Å²) in [5.74, 6) is -0.192. The Morgan fingerprint density at radius 2 is 2.00 bits per heavy atom. The van der Waals surface area contributed by atoms with Gasteiger partial charge < -0.3 is 0 Å². The van der Waals surface area contributed by atoms with Crippen LogP contribution in [0.5, 0.6) is 0 Å². The second-order valence-corrected chi connectivity index (χ2v) is 5.50. The molecule has 0 aliphatic carbocycles. The lowest BCUT2D eigenvalue weighted by molar-refractivity contribution is 0.311. The van der Waals surface area contributed by atoms with Crippen LogP contribution in [0.25, 0.3) is 0 Å². The maximum absolute atomic E-state index is 12.9. The second kappa shape index (κ2) is 5.71. The van der Waals surface area contributed by atoms with Crippen molar-refractivity contribution in [2.45, 2.75) is 25.3 Å². The van der Waals surface area contributed by atoms with Crippen molar-refractivity contribution in [3.05, 3.63) is 65.2 Å². The van der Waals surface area contributed by atoms with Gasteiger partial charge in [-0.15, -0.1) is 0 Å². The number of likely N-dealkylation sites (tertiary alicyclic amines) is 1. The fourth-order valence-corrected chi connectivity index (χ4v) is 2.88. The Morgan fingerprint density at radius 1 is 1.20 bits per heavy atom. The second-order valence-electron chi connectivity index (χ2n) is 5.50. The molecule has 3 heteroatoms. The molecule has 2 nitrogen and oxygen atoms in total. The molecule has 0 bridgehead atoms. The van der Waals surface area contributed by atoms with Crippen LogP contribution in [0.1, 0.15) is 35.8 Å². The van der Waals surface area contributed by atoms with Gasteiger partial charge >= 0.3 is 0 Å². The van der Waals surface area contributed by atoms with E-state index >= 15 is 0 Å². The Kier molecular flexibility index (Phi) is 3.79. The molecule has 0 spiro atoms. The molecule has 1 atom stereocenters. The van der Waals surface area contributed by atoms with Gasteiger partial charge in [0.25, 0.3) is 0 Å². The third kappa shape index (κ3) is 2.88. The minimum atomic E-state index is -0.192. The lowest BCUT2D eigenvalue weighted by atomic mass is 10.1. The molecule has 1 unspecified atom stereocenters. The van der Waals surface area contributed by atoms with Gasteiger partial charge in [-0.05, 0) is 56.3 Å². The minimum absolute atomic E-state index is 0.192. The Balaban J connectivity index is 1.79. The maximum Gasteiger partial charge on any atom is 0.123 e. The van der Waals surface area contributed by atoms with Crippen molar-refractivity contribution in [2.75, 3.05) is 13.6 Å². The van der Waals surface area contributed by atoms with Crippen LogP contribution in [-0.4, -0.2) is 23.5 Å². The first kappa shape index (κ1) is 13.3. The van der Waals surface area contributed by atoms with Crippen LogP contribution in [0.15, 0.2) is 42.5 Å². The van der Waals surface area contributed by atoms with E-state index in [1.54, 1.807) is 0 Å². The average Bonchev–Trinajstić information content (AvgIpc) is 2.88. The molecule has 1 aliphatic rings. The van der Waals surface area contributed by atoms with Crippen LogP contribution in [0.4, 0.5) is 4.39 Å². The van der Waals surface area contributed by atoms with Gasteiger partial charge in [0.15, 0.2) is 0 Å². The van der Waals surface area contributed by atoms with Crippen LogP contribution < -0.4 is 0 Å². The highest BCUT2D eigenvalue weighted by atomic mass is 19.1. The Morgan fingerprint density at radius 3 is 2.70 bits per heavy atom. The van der Waals surface area contributed by atoms with Crippen LogP contribution in [0.2, 0.25) is 0 Å². The van der Waals surface area contributed by atoms with Gasteiger partial charge in [-0.25, -0.2) is 4.39 Å². The quantitative estimate of drug-likeness (QED) is 0.847. The van der Waals surface area contributed by atoms with E-state index in [0.29, 0.717) is 6.04 Å². The standard InChI is InChI=1S/C17H19FN2/c1-20-11-3-6-17(20)16-5-2-4-15(19-16)12-13-7-9-14(18)10-8-13/h2,4-5,7-10,17H,3,6,11-12H2,1H3. The topological polar surface area (TPSA) is 16.1 Å². The molecule has 2 aromatic rings. The lowest BCUT2D eigenvalue weighted by Crippen LogP contribution is -2.18. The molecule has 0 N–H and O–H groups in total. The summed E-state index contributed by atoms with van der Waals surface area (Å²) in [5, 5.41) is 0. The van der Waals surface area contributed by atoms with Crippen molar-refractivity contribution in [3.8, 4) is 0 Å². The van der Waals surface area contributed by atoms with Crippen molar-refractivity contribution in [1.29, 1.82) is 0 Å². The summed E-state index contributed by atoms with van der Waals surface area (Å²) in [7, 11) is 2.16. The number of pyridine rings is 1. The Labute approximate surface area is 119 Å². The minimum Gasteiger partial charge on any atom is -0.298 e. The first-order chi connectivity index (χ1) is 9.72. The molecule has 2 heterocycles. The van der Waals surface area contributed by atoms with E-state index in [2.05, 4.69) is 24.1 Å². The van der Waals surface area contributed by atoms with Gasteiger partial charge in [0, 0.05) is 12.1 Å². The predicted octanol–water partition coefficient (Wildman–Crippen LogP) is 3.58. The summed E-state index contributed by atoms with van der Waals surface area (Å²) < 4.78 is 12.9. The number of nitrogens with zero attached hydrogens (tertiary/aromatic N) is 2. The van der Waals surface area contributed by atoms with Crippen LogP contribution in [-0.2, 0) is 6.42 Å². The van der Waals surface area contributed by atoms with Gasteiger partial charge in [-0.3, -0.25) is 9.88 Å². The number of halogens is 1. The molecule has 20 heavy (non-hydrogen) atoms. The summed E-state index contributed by atoms with van der Waals surface area (Å²) in [4.78, 5) is 7.15. The molecule has 1 aromatic carbocycles. The molecule has 0 radical (unpaired) electrons. The van der Waals surface area contributed by atoms with E-state index in [1.165, 1.54) is 25.0 Å². The third-order valence-electron chi connectivity index (χ3n) is 3.99. The monoisotopic (exact) mass is 270 g/mol. The van der Waals surface area contributed by atoms with E-state index in [9.17, 15) is 4.39 Å². The zero-order valence-corrected chi connectivity index (χ0v) is 11.7. The molecule has 1 fully saturated rings. The maximum atomic E-state index is 12.9. The van der Waals surface area contributed by atoms with Crippen molar-refractivity contribution in [2.24, 2.45) is 0 Å². The van der Waals surface area contributed by atoms with E-state index in [4.69, 9.17) is 4.98 Å². The fraction of sp³-hybridized carbons (Fsp3) is 0.353. The zero-order chi connectivity index (χ0) is 13.9. The van der Waals surface area contributed by atoms with Crippen LogP contribution >= 0.6 is 0 Å². The van der Waals surface area contributed by atoms with Gasteiger partial charge in [-0.2, -0.15) is 0 Å². The largest absolute Gasteiger partial charge is 0.298 e. The molecular formula is C17H19FN2. The molecule has 3 rings (SSSR count). The van der Waals surface area contributed by atoms with E-state index in [-0.39, 0.29) is 5.82 Å². The zero-order valence-electron chi connectivity index (χ0n) is 11.7. The molecule has 104 valence electrons. The summed E-state index contributed by atoms with van der Waals surface area (Å²) in [5.41, 5.74) is 3.30. The first-order valence-electron chi connectivity index (χ1n) is 7.13. The van der Waals surface area contributed by atoms with Gasteiger partial charge in [-0.1, -0.05) is 18.2 Å². The molecule has 1 aromatic heterocycles. The highest BCUT2D eigenvalue weighted by Gasteiger charge is 2.23. The number of hydrogen-bond donors (Lipinski definition) is 0. The first-order valence-corrected chi connectivity index (χ1v) is 7.13. The van der Waals surface area contributed by atoms with Crippen LogP contribution in [0, 0.1) is 5.82 Å². The van der Waals surface area contributed by atoms with Gasteiger partial charge in [0.2, 0.25) is 0 Å². The molecule has 1 aliphatic heterocycles. The molecular weight excluding hydrogens is 251 g/mol. The highest BCUT2D eigenvalue weighted by Crippen LogP contribution is 2.29. The number of rotatable bonds is 3. The Bertz CT molecular complexity index is 580. The van der Waals surface area contributed by atoms with E-state index in [1.807, 2.05) is 18.2 Å². The van der Waals surface area contributed by atoms with E-state index in [0.717, 1.165) is 29.9 Å². The molecule has 1 saturated heterocycles. The summed E-state index contributed by atoms with van der Waals surface area (Å²) in [6, 6.07) is 13.3. The highest BCUT2D eigenvalue weighted by molar-refractivity contribution is 5.24. The summed E-state index contributed by atoms with van der Waals surface area (Å²) >= 11 is 0. The molecule has 0 amide bonds. The Hall–Kier alpha value is -1.74. The van der Waals surface area contributed by atoms with E-state index < -0.39 is 0 Å². The fourth-order valence-electron chi connectivity index (χ4n) is 2.88. The number of benzene rings is 1. The third-order valence-corrected chi connectivity index (χ3v) is 3.99. The van der Waals surface area contributed by atoms with Crippen LogP contribution in [0.3, 0.4) is 0 Å². The number of aromatic nitrogens is 1.